The van der Waals surface area contributed by atoms with Gasteiger partial charge in [-0.25, -0.2) is 0 Å². The van der Waals surface area contributed by atoms with Crippen molar-refractivity contribution in [3.05, 3.63) is 29.8 Å². The van der Waals surface area contributed by atoms with Gasteiger partial charge in [-0.05, 0) is 61.9 Å². The smallest absolute Gasteiger partial charge is 0.252 e. The predicted molar refractivity (Wildman–Crippen MR) is 56.2 cm³/mol. The van der Waals surface area contributed by atoms with E-state index in [2.05, 4.69) is 0 Å². The minimum Gasteiger partial charge on any atom is -0.276 e. The molecule has 0 aliphatic rings. The molecule has 70 valence electrons. The number of benzene rings is 1. The summed E-state index contributed by atoms with van der Waals surface area (Å²) in [5.74, 6) is 0. The van der Waals surface area contributed by atoms with Crippen molar-refractivity contribution in [3.63, 3.8) is 0 Å². The molecule has 0 atom stereocenters. The van der Waals surface area contributed by atoms with E-state index in [1.54, 1.807) is 24.1 Å². The Bertz CT molecular complexity index is 297. The predicted octanol–water partition coefficient (Wildman–Crippen LogP) is 2.63. The number of carbonyl (C=O) groups is 1. The summed E-state index contributed by atoms with van der Waals surface area (Å²) in [7, 11) is 3.93. The largest absolute Gasteiger partial charge is 0.276 e. The Morgan fingerprint density at radius 3 is 2.23 bits per heavy atom. The SMILES string of the molecule is CN(C)Sc1ccc(C(=O)Cl)cc1. The van der Waals surface area contributed by atoms with Crippen LogP contribution in [0.15, 0.2) is 29.2 Å². The zero-order valence-electron chi connectivity index (χ0n) is 7.45. The third kappa shape index (κ3) is 3.38. The maximum absolute atomic E-state index is 10.7. The summed E-state index contributed by atoms with van der Waals surface area (Å²) in [5.41, 5.74) is 0.532. The molecule has 0 radical (unpaired) electrons. The highest BCUT2D eigenvalue weighted by Gasteiger charge is 2.01. The molecule has 2 nitrogen and oxygen atoms in total. The first-order valence-electron chi connectivity index (χ1n) is 3.75. The zero-order valence-corrected chi connectivity index (χ0v) is 9.02. The molecule has 0 amide bonds. The van der Waals surface area contributed by atoms with Crippen LogP contribution in [0.3, 0.4) is 0 Å². The van der Waals surface area contributed by atoms with Crippen molar-refractivity contribution in [2.75, 3.05) is 14.1 Å². The highest BCUT2D eigenvalue weighted by molar-refractivity contribution is 7.97. The van der Waals surface area contributed by atoms with Crippen molar-refractivity contribution in [1.82, 2.24) is 4.31 Å². The van der Waals surface area contributed by atoms with E-state index in [9.17, 15) is 4.79 Å². The molecule has 0 bridgehead atoms. The first kappa shape index (κ1) is 10.6. The van der Waals surface area contributed by atoms with Crippen LogP contribution >= 0.6 is 23.5 Å². The van der Waals surface area contributed by atoms with Crippen LogP contribution in [-0.4, -0.2) is 23.6 Å². The summed E-state index contributed by atoms with van der Waals surface area (Å²) in [5, 5.41) is -0.415. The fourth-order valence-electron chi connectivity index (χ4n) is 0.858. The Hall–Kier alpha value is -0.510. The number of hydrogen-bond donors (Lipinski definition) is 0. The summed E-state index contributed by atoms with van der Waals surface area (Å²) < 4.78 is 1.98. The van der Waals surface area contributed by atoms with Crippen molar-refractivity contribution >= 4 is 28.8 Å². The number of rotatable bonds is 3. The van der Waals surface area contributed by atoms with Gasteiger partial charge in [0.05, 0.1) is 0 Å². The van der Waals surface area contributed by atoms with Crippen molar-refractivity contribution < 1.29 is 4.79 Å². The molecule has 0 saturated carbocycles. The summed E-state index contributed by atoms with van der Waals surface area (Å²) in [6.45, 7) is 0. The van der Waals surface area contributed by atoms with Crippen LogP contribution in [0.2, 0.25) is 0 Å². The van der Waals surface area contributed by atoms with Gasteiger partial charge in [0.25, 0.3) is 5.24 Å². The quantitative estimate of drug-likeness (QED) is 0.571. The fourth-order valence-corrected chi connectivity index (χ4v) is 1.66. The van der Waals surface area contributed by atoms with Gasteiger partial charge < -0.3 is 0 Å². The van der Waals surface area contributed by atoms with Gasteiger partial charge in [0.2, 0.25) is 0 Å². The normalized spacial score (nSPS) is 10.5. The molecular weight excluding hydrogens is 206 g/mol. The van der Waals surface area contributed by atoms with E-state index in [-0.39, 0.29) is 0 Å². The Labute approximate surface area is 87.0 Å². The summed E-state index contributed by atoms with van der Waals surface area (Å²) >= 11 is 6.90. The molecule has 1 aromatic rings. The number of halogens is 1. The molecule has 0 N–H and O–H groups in total. The Morgan fingerprint density at radius 1 is 1.31 bits per heavy atom. The van der Waals surface area contributed by atoms with Gasteiger partial charge in [-0.3, -0.25) is 9.10 Å². The van der Waals surface area contributed by atoms with E-state index in [0.717, 1.165) is 4.90 Å². The van der Waals surface area contributed by atoms with E-state index in [4.69, 9.17) is 11.6 Å². The lowest BCUT2D eigenvalue weighted by molar-refractivity contribution is 0.108. The fraction of sp³-hybridized carbons (Fsp3) is 0.222. The Balaban J connectivity index is 2.75. The average Bonchev–Trinajstić information content (AvgIpc) is 2.04. The molecule has 0 saturated heterocycles. The molecule has 0 fully saturated rings. The highest BCUT2D eigenvalue weighted by Crippen LogP contribution is 2.20. The maximum atomic E-state index is 10.7. The maximum Gasteiger partial charge on any atom is 0.252 e. The topological polar surface area (TPSA) is 20.3 Å². The highest BCUT2D eigenvalue weighted by atomic mass is 35.5. The second-order valence-corrected chi connectivity index (χ2v) is 4.43. The second kappa shape index (κ2) is 4.65. The minimum atomic E-state index is -0.415. The minimum absolute atomic E-state index is 0.415. The van der Waals surface area contributed by atoms with Gasteiger partial charge in [-0.1, -0.05) is 0 Å². The molecule has 0 aliphatic carbocycles. The van der Waals surface area contributed by atoms with E-state index >= 15 is 0 Å². The summed E-state index contributed by atoms with van der Waals surface area (Å²) in [6, 6.07) is 7.20. The third-order valence-electron chi connectivity index (χ3n) is 1.37. The molecule has 0 aromatic heterocycles. The van der Waals surface area contributed by atoms with Crippen LogP contribution in [-0.2, 0) is 0 Å². The van der Waals surface area contributed by atoms with E-state index in [1.807, 2.05) is 30.5 Å². The average molecular weight is 216 g/mol. The van der Waals surface area contributed by atoms with Crippen molar-refractivity contribution in [2.45, 2.75) is 4.90 Å². The molecule has 1 rings (SSSR count). The van der Waals surface area contributed by atoms with Crippen molar-refractivity contribution in [2.24, 2.45) is 0 Å². The molecule has 0 aliphatic heterocycles. The molecule has 1 aromatic carbocycles. The van der Waals surface area contributed by atoms with E-state index < -0.39 is 5.24 Å². The Morgan fingerprint density at radius 2 is 1.85 bits per heavy atom. The number of carbonyl (C=O) groups excluding carboxylic acids is 1. The van der Waals surface area contributed by atoms with Gasteiger partial charge in [-0.2, -0.15) is 0 Å². The van der Waals surface area contributed by atoms with Gasteiger partial charge in [-0.15, -0.1) is 0 Å². The van der Waals surface area contributed by atoms with Gasteiger partial charge in [0, 0.05) is 10.5 Å². The lowest BCUT2D eigenvalue weighted by Crippen LogP contribution is -1.98. The molecule has 4 heteroatoms. The first-order chi connectivity index (χ1) is 6.09. The standard InChI is InChI=1S/C9H10ClNOS/c1-11(2)13-8-5-3-7(4-6-8)9(10)12/h3-6H,1-2H3. The second-order valence-electron chi connectivity index (χ2n) is 2.70. The molecule has 0 heterocycles. The lowest BCUT2D eigenvalue weighted by atomic mass is 10.2. The van der Waals surface area contributed by atoms with Crippen LogP contribution in [0.1, 0.15) is 10.4 Å². The number of hydrogen-bond acceptors (Lipinski definition) is 3. The van der Waals surface area contributed by atoms with Crippen LogP contribution < -0.4 is 0 Å². The summed E-state index contributed by atoms with van der Waals surface area (Å²) in [4.78, 5) is 11.8. The van der Waals surface area contributed by atoms with Crippen molar-refractivity contribution in [1.29, 1.82) is 0 Å². The van der Waals surface area contributed by atoms with E-state index in [0.29, 0.717) is 5.56 Å². The monoisotopic (exact) mass is 215 g/mol. The number of nitrogens with zero attached hydrogens (tertiary/aromatic N) is 1. The van der Waals surface area contributed by atoms with Crippen LogP contribution in [0, 0.1) is 0 Å². The van der Waals surface area contributed by atoms with Crippen LogP contribution in [0.4, 0.5) is 0 Å². The van der Waals surface area contributed by atoms with Gasteiger partial charge >= 0.3 is 0 Å². The molecule has 0 spiro atoms. The molecule has 0 unspecified atom stereocenters. The summed E-state index contributed by atoms with van der Waals surface area (Å²) in [6.07, 6.45) is 0. The van der Waals surface area contributed by atoms with Crippen LogP contribution in [0.5, 0.6) is 0 Å². The molecular formula is C9H10ClNOS. The molecule has 13 heavy (non-hydrogen) atoms. The van der Waals surface area contributed by atoms with Gasteiger partial charge in [0.15, 0.2) is 0 Å². The van der Waals surface area contributed by atoms with Gasteiger partial charge in [0.1, 0.15) is 0 Å². The lowest BCUT2D eigenvalue weighted by Gasteiger charge is -2.07. The first-order valence-corrected chi connectivity index (χ1v) is 4.90. The Kier molecular flexibility index (Phi) is 3.78. The van der Waals surface area contributed by atoms with Crippen LogP contribution in [0.25, 0.3) is 0 Å². The third-order valence-corrected chi connectivity index (χ3v) is 2.44. The van der Waals surface area contributed by atoms with E-state index in [1.165, 1.54) is 0 Å². The van der Waals surface area contributed by atoms with Crippen molar-refractivity contribution in [3.8, 4) is 0 Å². The zero-order chi connectivity index (χ0) is 9.84.